The summed E-state index contributed by atoms with van der Waals surface area (Å²) in [6, 6.07) is 10.0. The largest absolute Gasteiger partial charge is 0.494 e. The van der Waals surface area contributed by atoms with Crippen molar-refractivity contribution in [1.82, 2.24) is 15.2 Å². The first kappa shape index (κ1) is 15.5. The van der Waals surface area contributed by atoms with Crippen LogP contribution in [0.15, 0.2) is 30.3 Å². The van der Waals surface area contributed by atoms with Crippen molar-refractivity contribution in [2.75, 3.05) is 6.61 Å². The van der Waals surface area contributed by atoms with Gasteiger partial charge in [0.2, 0.25) is 0 Å². The molecule has 3 N–H and O–H groups in total. The topological polar surface area (TPSA) is 65.1 Å². The van der Waals surface area contributed by atoms with Crippen LogP contribution in [0.5, 0.6) is 5.75 Å². The lowest BCUT2D eigenvalue weighted by atomic mass is 10.0. The van der Waals surface area contributed by atoms with Gasteiger partial charge in [-0.25, -0.2) is 5.43 Å². The number of hydrazine groups is 1. The number of aromatic nitrogens is 2. The van der Waals surface area contributed by atoms with Crippen molar-refractivity contribution in [2.24, 2.45) is 12.9 Å². The van der Waals surface area contributed by atoms with Gasteiger partial charge in [-0.1, -0.05) is 26.0 Å². The molecule has 21 heavy (non-hydrogen) atoms. The van der Waals surface area contributed by atoms with Crippen LogP contribution < -0.4 is 16.0 Å². The molecule has 0 saturated carbocycles. The predicted octanol–water partition coefficient (Wildman–Crippen LogP) is 2.32. The van der Waals surface area contributed by atoms with Gasteiger partial charge >= 0.3 is 0 Å². The van der Waals surface area contributed by atoms with Gasteiger partial charge in [-0.05, 0) is 36.6 Å². The fraction of sp³-hybridized carbons (Fsp3) is 0.438. The van der Waals surface area contributed by atoms with Gasteiger partial charge in [-0.3, -0.25) is 10.5 Å². The Morgan fingerprint density at radius 2 is 2.00 bits per heavy atom. The second-order valence-electron chi connectivity index (χ2n) is 5.05. The maximum atomic E-state index is 5.75. The lowest BCUT2D eigenvalue weighted by Crippen LogP contribution is -2.30. The van der Waals surface area contributed by atoms with Crippen molar-refractivity contribution in [2.45, 2.75) is 32.7 Å². The Labute approximate surface area is 126 Å². The van der Waals surface area contributed by atoms with E-state index in [-0.39, 0.29) is 6.04 Å². The fourth-order valence-corrected chi connectivity index (χ4v) is 2.32. The van der Waals surface area contributed by atoms with E-state index < -0.39 is 0 Å². The van der Waals surface area contributed by atoms with E-state index in [1.54, 1.807) is 0 Å². The SMILES string of the molecule is CCCOc1ccc(C(NN)c2cc(CC)nn2C)cc1. The number of nitrogens with two attached hydrogens (primary N) is 1. The van der Waals surface area contributed by atoms with E-state index >= 15 is 0 Å². The summed E-state index contributed by atoms with van der Waals surface area (Å²) in [5, 5.41) is 4.48. The van der Waals surface area contributed by atoms with Crippen molar-refractivity contribution >= 4 is 0 Å². The van der Waals surface area contributed by atoms with E-state index in [0.717, 1.165) is 42.1 Å². The number of nitrogens with zero attached hydrogens (tertiary/aromatic N) is 2. The molecule has 0 bridgehead atoms. The Hall–Kier alpha value is -1.85. The second-order valence-corrected chi connectivity index (χ2v) is 5.05. The van der Waals surface area contributed by atoms with E-state index in [2.05, 4.69) is 30.4 Å². The summed E-state index contributed by atoms with van der Waals surface area (Å²) in [6.07, 6.45) is 1.92. The zero-order valence-corrected chi connectivity index (χ0v) is 13.0. The fourth-order valence-electron chi connectivity index (χ4n) is 2.32. The van der Waals surface area contributed by atoms with Gasteiger partial charge in [0, 0.05) is 7.05 Å². The van der Waals surface area contributed by atoms with Crippen LogP contribution in [0.1, 0.15) is 43.3 Å². The Morgan fingerprint density at radius 1 is 1.29 bits per heavy atom. The molecule has 0 aliphatic heterocycles. The van der Waals surface area contributed by atoms with E-state index in [1.165, 1.54) is 0 Å². The standard InChI is InChI=1S/C16H24N4O/c1-4-10-21-14-8-6-12(7-9-14)16(18-17)15-11-13(5-2)19-20(15)3/h6-9,11,16,18H,4-5,10,17H2,1-3H3. The third-order valence-electron chi connectivity index (χ3n) is 3.48. The summed E-state index contributed by atoms with van der Waals surface area (Å²) in [5.74, 6) is 6.64. The van der Waals surface area contributed by atoms with Crippen LogP contribution in [0.2, 0.25) is 0 Å². The highest BCUT2D eigenvalue weighted by Crippen LogP contribution is 2.24. The highest BCUT2D eigenvalue weighted by Gasteiger charge is 2.17. The van der Waals surface area contributed by atoms with E-state index in [4.69, 9.17) is 10.6 Å². The molecule has 5 heteroatoms. The Kier molecular flexibility index (Phi) is 5.36. The highest BCUT2D eigenvalue weighted by molar-refractivity contribution is 5.33. The lowest BCUT2D eigenvalue weighted by molar-refractivity contribution is 0.317. The number of aryl methyl sites for hydroxylation is 2. The van der Waals surface area contributed by atoms with E-state index in [0.29, 0.717) is 0 Å². The number of hydrogen-bond acceptors (Lipinski definition) is 4. The van der Waals surface area contributed by atoms with Crippen LogP contribution in [0.4, 0.5) is 0 Å². The normalized spacial score (nSPS) is 12.4. The monoisotopic (exact) mass is 288 g/mol. The first-order valence-electron chi connectivity index (χ1n) is 7.41. The molecule has 2 aromatic rings. The van der Waals surface area contributed by atoms with Crippen molar-refractivity contribution < 1.29 is 4.74 Å². The molecule has 114 valence electrons. The van der Waals surface area contributed by atoms with Crippen molar-refractivity contribution in [1.29, 1.82) is 0 Å². The zero-order chi connectivity index (χ0) is 15.2. The van der Waals surface area contributed by atoms with Crippen LogP contribution in [0, 0.1) is 0 Å². The molecule has 0 spiro atoms. The molecule has 0 aliphatic carbocycles. The molecular weight excluding hydrogens is 264 g/mol. The summed E-state index contributed by atoms with van der Waals surface area (Å²) in [5.41, 5.74) is 6.08. The molecule has 2 rings (SSSR count). The van der Waals surface area contributed by atoms with Gasteiger partial charge in [0.05, 0.1) is 24.0 Å². The molecule has 0 radical (unpaired) electrons. The minimum absolute atomic E-state index is 0.0805. The summed E-state index contributed by atoms with van der Waals surface area (Å²) in [6.45, 7) is 4.92. The number of ether oxygens (including phenoxy) is 1. The van der Waals surface area contributed by atoms with Gasteiger partial charge in [0.15, 0.2) is 0 Å². The van der Waals surface area contributed by atoms with Crippen molar-refractivity contribution in [3.05, 3.63) is 47.3 Å². The van der Waals surface area contributed by atoms with Crippen LogP contribution in [0.3, 0.4) is 0 Å². The average Bonchev–Trinajstić information content (AvgIpc) is 2.88. The van der Waals surface area contributed by atoms with Crippen LogP contribution in [-0.4, -0.2) is 16.4 Å². The second kappa shape index (κ2) is 7.24. The van der Waals surface area contributed by atoms with E-state index in [1.807, 2.05) is 36.0 Å². The average molecular weight is 288 g/mol. The molecular formula is C16H24N4O. The predicted molar refractivity (Wildman–Crippen MR) is 84.0 cm³/mol. The number of benzene rings is 1. The highest BCUT2D eigenvalue weighted by atomic mass is 16.5. The molecule has 0 saturated heterocycles. The Morgan fingerprint density at radius 3 is 2.52 bits per heavy atom. The maximum absolute atomic E-state index is 5.75. The molecule has 1 aromatic heterocycles. The number of nitrogens with one attached hydrogen (secondary N) is 1. The molecule has 5 nitrogen and oxygen atoms in total. The molecule has 0 aliphatic rings. The first-order chi connectivity index (χ1) is 10.2. The smallest absolute Gasteiger partial charge is 0.119 e. The van der Waals surface area contributed by atoms with Crippen molar-refractivity contribution in [3.8, 4) is 5.75 Å². The first-order valence-corrected chi connectivity index (χ1v) is 7.41. The van der Waals surface area contributed by atoms with Gasteiger partial charge < -0.3 is 4.74 Å². The molecule has 1 unspecified atom stereocenters. The lowest BCUT2D eigenvalue weighted by Gasteiger charge is -2.17. The quantitative estimate of drug-likeness (QED) is 0.606. The van der Waals surface area contributed by atoms with E-state index in [9.17, 15) is 0 Å². The molecule has 1 atom stereocenters. The minimum atomic E-state index is -0.0805. The van der Waals surface area contributed by atoms with Gasteiger partial charge in [0.1, 0.15) is 5.75 Å². The maximum Gasteiger partial charge on any atom is 0.119 e. The number of hydrogen-bond donors (Lipinski definition) is 2. The third kappa shape index (κ3) is 3.62. The van der Waals surface area contributed by atoms with Crippen LogP contribution in [0.25, 0.3) is 0 Å². The summed E-state index contributed by atoms with van der Waals surface area (Å²) in [4.78, 5) is 0. The Bertz CT molecular complexity index is 562. The molecule has 0 amide bonds. The molecule has 0 fully saturated rings. The van der Waals surface area contributed by atoms with Crippen molar-refractivity contribution in [3.63, 3.8) is 0 Å². The number of rotatable bonds is 7. The molecule has 1 aromatic carbocycles. The third-order valence-corrected chi connectivity index (χ3v) is 3.48. The summed E-state index contributed by atoms with van der Waals surface area (Å²) < 4.78 is 7.49. The van der Waals surface area contributed by atoms with Gasteiger partial charge in [-0.2, -0.15) is 5.10 Å². The minimum Gasteiger partial charge on any atom is -0.494 e. The molecule has 1 heterocycles. The summed E-state index contributed by atoms with van der Waals surface area (Å²) >= 11 is 0. The van der Waals surface area contributed by atoms with Crippen LogP contribution in [-0.2, 0) is 13.5 Å². The zero-order valence-electron chi connectivity index (χ0n) is 13.0. The summed E-state index contributed by atoms with van der Waals surface area (Å²) in [7, 11) is 1.94. The Balaban J connectivity index is 2.22. The van der Waals surface area contributed by atoms with Gasteiger partial charge in [0.25, 0.3) is 0 Å². The van der Waals surface area contributed by atoms with Crippen LogP contribution >= 0.6 is 0 Å². The van der Waals surface area contributed by atoms with Gasteiger partial charge in [-0.15, -0.1) is 0 Å².